The zero-order valence-electron chi connectivity index (χ0n) is 11.0. The quantitative estimate of drug-likeness (QED) is 0.717. The van der Waals surface area contributed by atoms with Gasteiger partial charge in [-0.05, 0) is 19.1 Å². The molecule has 3 heterocycles. The fourth-order valence-electron chi connectivity index (χ4n) is 1.65. The minimum Gasteiger partial charge on any atom is -0.329 e. The Labute approximate surface area is 121 Å². The van der Waals surface area contributed by atoms with Crippen molar-refractivity contribution >= 4 is 0 Å². The number of aryl methyl sites for hydroxylation is 1. The summed E-state index contributed by atoms with van der Waals surface area (Å²) in [5.41, 5.74) is 0.670. The Morgan fingerprint density at radius 3 is 2.55 bits per heavy atom. The molecule has 0 saturated carbocycles. The van der Waals surface area contributed by atoms with E-state index >= 15 is 0 Å². The van der Waals surface area contributed by atoms with Gasteiger partial charge < -0.3 is 4.52 Å². The molecule has 0 spiro atoms. The largest absolute Gasteiger partial charge is 0.471 e. The highest BCUT2D eigenvalue weighted by Gasteiger charge is 2.38. The van der Waals surface area contributed by atoms with E-state index in [4.69, 9.17) is 0 Å². The second-order valence-electron chi connectivity index (χ2n) is 4.21. The molecule has 112 valence electrons. The minimum atomic E-state index is -4.69. The summed E-state index contributed by atoms with van der Waals surface area (Å²) < 4.78 is 41.6. The molecule has 0 fully saturated rings. The van der Waals surface area contributed by atoms with Crippen LogP contribution in [0.3, 0.4) is 0 Å². The zero-order chi connectivity index (χ0) is 15.7. The Hall–Kier alpha value is -2.91. The van der Waals surface area contributed by atoms with E-state index in [0.717, 1.165) is 0 Å². The molecule has 0 aliphatic heterocycles. The highest BCUT2D eigenvalue weighted by Crippen LogP contribution is 2.29. The van der Waals surface area contributed by atoms with Crippen molar-refractivity contribution in [3.8, 4) is 22.9 Å². The number of rotatable bonds is 2. The lowest BCUT2D eigenvalue weighted by molar-refractivity contribution is -0.159. The van der Waals surface area contributed by atoms with Gasteiger partial charge >= 0.3 is 12.1 Å². The third-order valence-corrected chi connectivity index (χ3v) is 2.61. The van der Waals surface area contributed by atoms with Gasteiger partial charge in [0.1, 0.15) is 17.8 Å². The molecule has 0 saturated heterocycles. The minimum absolute atomic E-state index is 0.193. The van der Waals surface area contributed by atoms with Crippen LogP contribution in [-0.4, -0.2) is 30.1 Å². The van der Waals surface area contributed by atoms with Gasteiger partial charge in [-0.1, -0.05) is 5.16 Å². The van der Waals surface area contributed by atoms with Crippen molar-refractivity contribution < 1.29 is 17.7 Å². The molecule has 3 aromatic rings. The first-order chi connectivity index (χ1) is 10.4. The van der Waals surface area contributed by atoms with Gasteiger partial charge in [0, 0.05) is 11.8 Å². The Balaban J connectivity index is 1.99. The summed E-state index contributed by atoms with van der Waals surface area (Å²) in [7, 11) is 0. The monoisotopic (exact) mass is 308 g/mol. The molecule has 0 radical (unpaired) electrons. The molecular formula is C12H7F3N6O. The van der Waals surface area contributed by atoms with Crippen molar-refractivity contribution in [1.82, 2.24) is 30.1 Å². The van der Waals surface area contributed by atoms with Gasteiger partial charge in [0.25, 0.3) is 0 Å². The molecule has 0 amide bonds. The normalized spacial score (nSPS) is 11.6. The van der Waals surface area contributed by atoms with Crippen LogP contribution in [-0.2, 0) is 6.18 Å². The van der Waals surface area contributed by atoms with E-state index in [1.54, 1.807) is 6.92 Å². The van der Waals surface area contributed by atoms with Crippen molar-refractivity contribution in [2.75, 3.05) is 0 Å². The van der Waals surface area contributed by atoms with Gasteiger partial charge in [0.05, 0.1) is 0 Å². The molecule has 0 aliphatic rings. The van der Waals surface area contributed by atoms with Gasteiger partial charge in [-0.25, -0.2) is 15.0 Å². The standard InChI is InChI=1S/C12H7F3N6O/c1-6-17-5-18-10(19-6)8-4-7(2-3-16-8)9-20-11(22-21-9)12(13,14)15/h2-5H,1H3. The number of alkyl halides is 3. The van der Waals surface area contributed by atoms with Crippen LogP contribution in [0, 0.1) is 6.92 Å². The number of hydrogen-bond donors (Lipinski definition) is 0. The third kappa shape index (κ3) is 2.75. The van der Waals surface area contributed by atoms with Crippen LogP contribution in [0.2, 0.25) is 0 Å². The summed E-state index contributed by atoms with van der Waals surface area (Å²) in [4.78, 5) is 19.3. The smallest absolute Gasteiger partial charge is 0.329 e. The lowest BCUT2D eigenvalue weighted by Crippen LogP contribution is -2.04. The van der Waals surface area contributed by atoms with Gasteiger partial charge in [-0.3, -0.25) is 4.98 Å². The Kier molecular flexibility index (Phi) is 3.28. The van der Waals surface area contributed by atoms with Crippen molar-refractivity contribution in [2.24, 2.45) is 0 Å². The van der Waals surface area contributed by atoms with Crippen LogP contribution in [0.25, 0.3) is 22.9 Å². The summed E-state index contributed by atoms with van der Waals surface area (Å²) in [5.74, 6) is -0.802. The summed E-state index contributed by atoms with van der Waals surface area (Å²) in [6, 6.07) is 2.93. The molecule has 22 heavy (non-hydrogen) atoms. The summed E-state index contributed by atoms with van der Waals surface area (Å²) in [6.07, 6.45) is -1.97. The molecule has 3 rings (SSSR count). The van der Waals surface area contributed by atoms with Crippen molar-refractivity contribution in [3.63, 3.8) is 0 Å². The maximum absolute atomic E-state index is 12.5. The summed E-state index contributed by atoms with van der Waals surface area (Å²) >= 11 is 0. The fraction of sp³-hybridized carbons (Fsp3) is 0.167. The van der Waals surface area contributed by atoms with Crippen LogP contribution in [0.1, 0.15) is 11.7 Å². The van der Waals surface area contributed by atoms with E-state index in [1.807, 2.05) is 0 Å². The highest BCUT2D eigenvalue weighted by molar-refractivity contribution is 5.62. The first-order valence-electron chi connectivity index (χ1n) is 5.97. The second kappa shape index (κ2) is 5.13. The van der Waals surface area contributed by atoms with Crippen molar-refractivity contribution in [3.05, 3.63) is 36.4 Å². The van der Waals surface area contributed by atoms with Gasteiger partial charge in [-0.15, -0.1) is 0 Å². The van der Waals surface area contributed by atoms with E-state index in [-0.39, 0.29) is 5.82 Å². The number of halogens is 3. The fourth-order valence-corrected chi connectivity index (χ4v) is 1.65. The topological polar surface area (TPSA) is 90.5 Å². The van der Waals surface area contributed by atoms with E-state index in [1.165, 1.54) is 24.7 Å². The summed E-state index contributed by atoms with van der Waals surface area (Å²) in [6.45, 7) is 1.68. The molecule has 0 unspecified atom stereocenters. The SMILES string of the molecule is Cc1ncnc(-c2cc(-c3noc(C(F)(F)F)n3)ccn2)n1. The average Bonchev–Trinajstić information content (AvgIpc) is 2.97. The van der Waals surface area contributed by atoms with Crippen molar-refractivity contribution in [1.29, 1.82) is 0 Å². The molecule has 3 aromatic heterocycles. The maximum Gasteiger partial charge on any atom is 0.471 e. The predicted molar refractivity (Wildman–Crippen MR) is 66.1 cm³/mol. The average molecular weight is 308 g/mol. The van der Waals surface area contributed by atoms with E-state index in [9.17, 15) is 13.2 Å². The molecule has 0 bridgehead atoms. The van der Waals surface area contributed by atoms with E-state index < -0.39 is 12.1 Å². The van der Waals surface area contributed by atoms with Crippen molar-refractivity contribution in [2.45, 2.75) is 13.1 Å². The Morgan fingerprint density at radius 2 is 1.86 bits per heavy atom. The molecular weight excluding hydrogens is 301 g/mol. The maximum atomic E-state index is 12.5. The Bertz CT molecular complexity index is 816. The second-order valence-corrected chi connectivity index (χ2v) is 4.21. The first kappa shape index (κ1) is 14.0. The number of nitrogens with zero attached hydrogens (tertiary/aromatic N) is 6. The van der Waals surface area contributed by atoms with Crippen LogP contribution in [0.5, 0.6) is 0 Å². The number of pyridine rings is 1. The molecule has 0 aliphatic carbocycles. The zero-order valence-corrected chi connectivity index (χ0v) is 11.0. The Morgan fingerprint density at radius 1 is 1.05 bits per heavy atom. The van der Waals surface area contributed by atoms with Crippen LogP contribution < -0.4 is 0 Å². The molecule has 7 nitrogen and oxygen atoms in total. The number of hydrogen-bond acceptors (Lipinski definition) is 7. The molecule has 0 aromatic carbocycles. The number of aromatic nitrogens is 6. The van der Waals surface area contributed by atoms with E-state index in [2.05, 4.69) is 34.6 Å². The van der Waals surface area contributed by atoms with Crippen LogP contribution in [0.4, 0.5) is 13.2 Å². The molecule has 10 heteroatoms. The summed E-state index contributed by atoms with van der Waals surface area (Å²) in [5, 5.41) is 3.32. The third-order valence-electron chi connectivity index (χ3n) is 2.61. The predicted octanol–water partition coefficient (Wildman–Crippen LogP) is 2.31. The lowest BCUT2D eigenvalue weighted by Gasteiger charge is -2.01. The van der Waals surface area contributed by atoms with Crippen LogP contribution in [0.15, 0.2) is 29.2 Å². The highest BCUT2D eigenvalue weighted by atomic mass is 19.4. The van der Waals surface area contributed by atoms with Gasteiger partial charge in [0.2, 0.25) is 5.82 Å². The molecule has 0 atom stereocenters. The lowest BCUT2D eigenvalue weighted by atomic mass is 10.2. The first-order valence-corrected chi connectivity index (χ1v) is 5.97. The van der Waals surface area contributed by atoms with Gasteiger partial charge in [0.15, 0.2) is 5.82 Å². The van der Waals surface area contributed by atoms with Gasteiger partial charge in [-0.2, -0.15) is 18.2 Å². The van der Waals surface area contributed by atoms with E-state index in [0.29, 0.717) is 22.9 Å². The molecule has 0 N–H and O–H groups in total. The van der Waals surface area contributed by atoms with Crippen LogP contribution >= 0.6 is 0 Å².